The number of hydrogen-bond acceptors (Lipinski definition) is 5. The molecule has 0 atom stereocenters. The Hall–Kier alpha value is -3.02. The number of carbonyl (C=O) groups is 2. The normalized spacial score (nSPS) is 29.1. The second kappa shape index (κ2) is 7.54. The van der Waals surface area contributed by atoms with Crippen LogP contribution in [0.2, 0.25) is 0 Å². The summed E-state index contributed by atoms with van der Waals surface area (Å²) in [6.45, 7) is -0.206. The van der Waals surface area contributed by atoms with Crippen molar-refractivity contribution in [3.63, 3.8) is 0 Å². The lowest BCUT2D eigenvalue weighted by atomic mass is 9.48. The predicted octanol–water partition coefficient (Wildman–Crippen LogP) is 4.68. The fourth-order valence-corrected chi connectivity index (χ4v) is 6.81. The Labute approximate surface area is 187 Å². The first-order chi connectivity index (χ1) is 15.6. The minimum absolute atomic E-state index is 0.137. The minimum atomic E-state index is -0.574. The average molecular weight is 434 g/mol. The van der Waals surface area contributed by atoms with Gasteiger partial charge in [0.1, 0.15) is 0 Å². The number of hydrogen-bond donors (Lipinski definition) is 1. The molecule has 1 amide bonds. The van der Waals surface area contributed by atoms with Crippen LogP contribution in [-0.4, -0.2) is 25.3 Å². The van der Waals surface area contributed by atoms with Gasteiger partial charge in [0.25, 0.3) is 5.91 Å². The second-order valence-electron chi connectivity index (χ2n) is 9.97. The van der Waals surface area contributed by atoms with E-state index in [0.717, 1.165) is 23.4 Å². The molecule has 2 aromatic rings. The van der Waals surface area contributed by atoms with Crippen molar-refractivity contribution in [1.29, 1.82) is 0 Å². The lowest BCUT2D eigenvalue weighted by Crippen LogP contribution is -2.48. The van der Waals surface area contributed by atoms with Gasteiger partial charge >= 0.3 is 5.97 Å². The highest BCUT2D eigenvalue weighted by Gasteiger charge is 2.51. The van der Waals surface area contributed by atoms with Gasteiger partial charge < -0.3 is 19.5 Å². The zero-order valence-electron chi connectivity index (χ0n) is 18.0. The van der Waals surface area contributed by atoms with E-state index in [-0.39, 0.29) is 19.3 Å². The number of fused-ring (bicyclic) bond motifs is 1. The maximum Gasteiger partial charge on any atom is 0.338 e. The van der Waals surface area contributed by atoms with Gasteiger partial charge in [0.2, 0.25) is 6.79 Å². The van der Waals surface area contributed by atoms with Crippen LogP contribution in [0.5, 0.6) is 11.5 Å². The lowest BCUT2D eigenvalue weighted by molar-refractivity contribution is -0.119. The van der Waals surface area contributed by atoms with Crippen molar-refractivity contribution in [1.82, 2.24) is 0 Å². The molecule has 0 spiro atoms. The van der Waals surface area contributed by atoms with Gasteiger partial charge in [-0.05, 0) is 97.6 Å². The van der Waals surface area contributed by atoms with E-state index < -0.39 is 5.97 Å². The highest BCUT2D eigenvalue weighted by Crippen LogP contribution is 2.60. The van der Waals surface area contributed by atoms with Crippen LogP contribution in [0.15, 0.2) is 42.5 Å². The molecule has 1 heterocycles. The van der Waals surface area contributed by atoms with E-state index in [1.165, 1.54) is 44.1 Å². The van der Waals surface area contributed by atoms with Crippen molar-refractivity contribution in [2.45, 2.75) is 43.9 Å². The SMILES string of the molecule is O=C(COC(=O)c1ccc2c(c1)OCO2)Nc1ccc(C23CC4CC(CC(C4)C2)C3)cc1. The molecule has 166 valence electrons. The molecule has 32 heavy (non-hydrogen) atoms. The number of anilines is 1. The third-order valence-corrected chi connectivity index (χ3v) is 7.76. The monoisotopic (exact) mass is 433 g/mol. The Morgan fingerprint density at radius 2 is 1.56 bits per heavy atom. The van der Waals surface area contributed by atoms with Crippen molar-refractivity contribution in [2.24, 2.45) is 17.8 Å². The molecule has 1 aliphatic heterocycles. The summed E-state index contributed by atoms with van der Waals surface area (Å²) in [5.74, 6) is 2.87. The number of benzene rings is 2. The number of carbonyl (C=O) groups excluding carboxylic acids is 2. The van der Waals surface area contributed by atoms with Crippen molar-refractivity contribution >= 4 is 17.6 Å². The summed E-state index contributed by atoms with van der Waals surface area (Å²) in [7, 11) is 0. The highest BCUT2D eigenvalue weighted by molar-refractivity contribution is 5.95. The first-order valence-electron chi connectivity index (χ1n) is 11.5. The van der Waals surface area contributed by atoms with Crippen LogP contribution < -0.4 is 14.8 Å². The second-order valence-corrected chi connectivity index (χ2v) is 9.97. The van der Waals surface area contributed by atoms with Crippen molar-refractivity contribution < 1.29 is 23.8 Å². The lowest BCUT2D eigenvalue weighted by Gasteiger charge is -2.57. The first kappa shape index (κ1) is 19.6. The molecular formula is C26H27NO5. The third kappa shape index (κ3) is 3.51. The van der Waals surface area contributed by atoms with Gasteiger partial charge in [0.05, 0.1) is 5.56 Å². The minimum Gasteiger partial charge on any atom is -0.454 e. The molecule has 0 saturated heterocycles. The molecule has 4 fully saturated rings. The van der Waals surface area contributed by atoms with Crippen LogP contribution in [0.3, 0.4) is 0 Å². The fraction of sp³-hybridized carbons (Fsp3) is 0.462. The van der Waals surface area contributed by atoms with Crippen LogP contribution in [0.25, 0.3) is 0 Å². The summed E-state index contributed by atoms with van der Waals surface area (Å²) in [6, 6.07) is 13.1. The molecule has 0 aromatic heterocycles. The van der Waals surface area contributed by atoms with Crippen molar-refractivity contribution in [3.05, 3.63) is 53.6 Å². The summed E-state index contributed by atoms with van der Waals surface area (Å²) >= 11 is 0. The molecule has 4 bridgehead atoms. The molecule has 6 nitrogen and oxygen atoms in total. The Kier molecular flexibility index (Phi) is 4.63. The number of esters is 1. The fourth-order valence-electron chi connectivity index (χ4n) is 6.81. The maximum absolute atomic E-state index is 12.3. The van der Waals surface area contributed by atoms with Gasteiger partial charge in [-0.2, -0.15) is 0 Å². The molecule has 2 aromatic carbocycles. The molecule has 5 aliphatic rings. The zero-order chi connectivity index (χ0) is 21.7. The standard InChI is InChI=1S/C26H27NO5/c28-24(14-30-25(29)19-1-6-22-23(10-19)32-15-31-22)27-21-4-2-20(3-5-21)26-11-16-7-17(12-26)9-18(8-16)13-26/h1-6,10,16-18H,7-9,11-15H2,(H,27,28). The largest absolute Gasteiger partial charge is 0.454 e. The predicted molar refractivity (Wildman–Crippen MR) is 118 cm³/mol. The average Bonchev–Trinajstić information content (AvgIpc) is 3.25. The molecule has 4 saturated carbocycles. The zero-order valence-corrected chi connectivity index (χ0v) is 18.0. The van der Waals surface area contributed by atoms with Gasteiger partial charge in [-0.1, -0.05) is 12.1 Å². The number of rotatable bonds is 5. The summed E-state index contributed by atoms with van der Waals surface area (Å²) in [6.07, 6.45) is 8.25. The Morgan fingerprint density at radius 3 is 2.25 bits per heavy atom. The summed E-state index contributed by atoms with van der Waals surface area (Å²) < 4.78 is 15.7. The molecule has 0 unspecified atom stereocenters. The summed E-state index contributed by atoms with van der Waals surface area (Å²) in [5.41, 5.74) is 2.81. The molecule has 7 rings (SSSR count). The third-order valence-electron chi connectivity index (χ3n) is 7.76. The van der Waals surface area contributed by atoms with E-state index >= 15 is 0 Å². The number of amides is 1. The highest BCUT2D eigenvalue weighted by atomic mass is 16.7. The molecule has 4 aliphatic carbocycles. The Balaban J connectivity index is 1.05. The van der Waals surface area contributed by atoms with Crippen LogP contribution >= 0.6 is 0 Å². The Morgan fingerprint density at radius 1 is 0.906 bits per heavy atom. The Bertz CT molecular complexity index is 1030. The van der Waals surface area contributed by atoms with E-state index in [9.17, 15) is 9.59 Å². The summed E-state index contributed by atoms with van der Waals surface area (Å²) in [4.78, 5) is 24.6. The van der Waals surface area contributed by atoms with Gasteiger partial charge in [-0.15, -0.1) is 0 Å². The van der Waals surface area contributed by atoms with Crippen LogP contribution in [-0.2, 0) is 14.9 Å². The van der Waals surface area contributed by atoms with Gasteiger partial charge in [-0.25, -0.2) is 4.79 Å². The van der Waals surface area contributed by atoms with Gasteiger partial charge in [0, 0.05) is 5.69 Å². The van der Waals surface area contributed by atoms with E-state index in [2.05, 4.69) is 17.4 Å². The maximum atomic E-state index is 12.3. The molecule has 0 radical (unpaired) electrons. The van der Waals surface area contributed by atoms with Crippen LogP contribution in [0.4, 0.5) is 5.69 Å². The van der Waals surface area contributed by atoms with E-state index in [4.69, 9.17) is 14.2 Å². The van der Waals surface area contributed by atoms with E-state index in [0.29, 0.717) is 22.5 Å². The smallest absolute Gasteiger partial charge is 0.338 e. The first-order valence-corrected chi connectivity index (χ1v) is 11.5. The quantitative estimate of drug-likeness (QED) is 0.693. The van der Waals surface area contributed by atoms with Gasteiger partial charge in [0.15, 0.2) is 18.1 Å². The molecular weight excluding hydrogens is 406 g/mol. The topological polar surface area (TPSA) is 73.9 Å². The van der Waals surface area contributed by atoms with E-state index in [1.807, 2.05) is 12.1 Å². The van der Waals surface area contributed by atoms with Crippen LogP contribution in [0.1, 0.15) is 54.4 Å². The number of nitrogens with one attached hydrogen (secondary N) is 1. The van der Waals surface area contributed by atoms with Crippen LogP contribution in [0, 0.1) is 17.8 Å². The van der Waals surface area contributed by atoms with Gasteiger partial charge in [-0.3, -0.25) is 4.79 Å². The molecule has 6 heteroatoms. The summed E-state index contributed by atoms with van der Waals surface area (Å²) in [5, 5.41) is 2.83. The van der Waals surface area contributed by atoms with E-state index in [1.54, 1.807) is 18.2 Å². The van der Waals surface area contributed by atoms with Crippen molar-refractivity contribution in [3.8, 4) is 11.5 Å². The molecule has 1 N–H and O–H groups in total. The number of ether oxygens (including phenoxy) is 3. The van der Waals surface area contributed by atoms with Crippen molar-refractivity contribution in [2.75, 3.05) is 18.7 Å².